The Bertz CT molecular complexity index is 378. The molecule has 0 spiro atoms. The zero-order chi connectivity index (χ0) is 26.5. The average molecular weight is 493 g/mol. The first-order valence-electron chi connectivity index (χ1n) is 11.9. The van der Waals surface area contributed by atoms with Crippen LogP contribution in [0, 0.1) is 5.92 Å². The van der Waals surface area contributed by atoms with Crippen LogP contribution in [0.2, 0.25) is 0 Å². The highest BCUT2D eigenvalue weighted by Crippen LogP contribution is 2.12. The summed E-state index contributed by atoms with van der Waals surface area (Å²) >= 11 is 0. The van der Waals surface area contributed by atoms with Gasteiger partial charge in [0.2, 0.25) is 0 Å². The SMILES string of the molecule is C=COCC(CC)CCCC.C=COCCCCO.C=COCCO.C=COCCOCCO. The van der Waals surface area contributed by atoms with Gasteiger partial charge in [0, 0.05) is 6.61 Å². The molecule has 8 nitrogen and oxygen atoms in total. The van der Waals surface area contributed by atoms with Gasteiger partial charge in [0.1, 0.15) is 13.2 Å². The molecular formula is C26H52O8. The number of aliphatic hydroxyl groups is 3. The molecule has 0 radical (unpaired) electrons. The summed E-state index contributed by atoms with van der Waals surface area (Å²) in [6.07, 6.45) is 12.4. The minimum Gasteiger partial charge on any atom is -0.502 e. The Balaban J connectivity index is -0.000000180. The molecule has 0 aliphatic rings. The van der Waals surface area contributed by atoms with Crippen molar-refractivity contribution in [2.24, 2.45) is 5.92 Å². The molecule has 0 aliphatic carbocycles. The lowest BCUT2D eigenvalue weighted by Crippen LogP contribution is -2.05. The summed E-state index contributed by atoms with van der Waals surface area (Å²) in [4.78, 5) is 0. The van der Waals surface area contributed by atoms with Gasteiger partial charge in [-0.05, 0) is 25.2 Å². The quantitative estimate of drug-likeness (QED) is 0.158. The van der Waals surface area contributed by atoms with Gasteiger partial charge < -0.3 is 39.0 Å². The summed E-state index contributed by atoms with van der Waals surface area (Å²) < 4.78 is 24.0. The third-order valence-corrected chi connectivity index (χ3v) is 3.81. The van der Waals surface area contributed by atoms with Crippen molar-refractivity contribution in [2.75, 3.05) is 59.5 Å². The lowest BCUT2D eigenvalue weighted by Gasteiger charge is -2.12. The maximum Gasteiger partial charge on any atom is 0.111 e. The highest BCUT2D eigenvalue weighted by Gasteiger charge is 2.04. The van der Waals surface area contributed by atoms with E-state index in [0.717, 1.165) is 25.4 Å². The summed E-state index contributed by atoms with van der Waals surface area (Å²) in [5.74, 6) is 0.730. The largest absolute Gasteiger partial charge is 0.502 e. The summed E-state index contributed by atoms with van der Waals surface area (Å²) in [5.41, 5.74) is 0. The lowest BCUT2D eigenvalue weighted by molar-refractivity contribution is 0.0603. The van der Waals surface area contributed by atoms with Crippen LogP contribution in [0.15, 0.2) is 51.4 Å². The summed E-state index contributed by atoms with van der Waals surface area (Å²) in [6, 6.07) is 0. The Morgan fingerprint density at radius 3 is 1.62 bits per heavy atom. The van der Waals surface area contributed by atoms with E-state index in [9.17, 15) is 0 Å². The Morgan fingerprint density at radius 1 is 0.618 bits per heavy atom. The molecule has 0 bridgehead atoms. The summed E-state index contributed by atoms with van der Waals surface area (Å²) in [7, 11) is 0. The first-order chi connectivity index (χ1) is 16.6. The van der Waals surface area contributed by atoms with Gasteiger partial charge in [0.25, 0.3) is 0 Å². The summed E-state index contributed by atoms with van der Waals surface area (Å²) in [6.45, 7) is 21.6. The number of unbranched alkanes of at least 4 members (excludes halogenated alkanes) is 2. The molecule has 3 N–H and O–H groups in total. The Kier molecular flexibility index (Phi) is 51.5. The van der Waals surface area contributed by atoms with Crippen LogP contribution in [-0.2, 0) is 23.7 Å². The van der Waals surface area contributed by atoms with Gasteiger partial charge in [-0.15, -0.1) is 0 Å². The van der Waals surface area contributed by atoms with Crippen molar-refractivity contribution in [3.63, 3.8) is 0 Å². The molecule has 0 fully saturated rings. The van der Waals surface area contributed by atoms with E-state index < -0.39 is 0 Å². The molecule has 0 saturated carbocycles. The van der Waals surface area contributed by atoms with Gasteiger partial charge >= 0.3 is 0 Å². The normalized spacial score (nSPS) is 9.79. The second kappa shape index (κ2) is 44.6. The third kappa shape index (κ3) is 52.1. The van der Waals surface area contributed by atoms with Crippen LogP contribution in [-0.4, -0.2) is 74.8 Å². The Labute approximate surface area is 208 Å². The van der Waals surface area contributed by atoms with E-state index in [2.05, 4.69) is 44.9 Å². The number of rotatable bonds is 21. The maximum atomic E-state index is 8.28. The van der Waals surface area contributed by atoms with Crippen molar-refractivity contribution in [3.05, 3.63) is 51.4 Å². The van der Waals surface area contributed by atoms with Crippen molar-refractivity contribution in [3.8, 4) is 0 Å². The van der Waals surface area contributed by atoms with E-state index in [4.69, 9.17) is 34.3 Å². The van der Waals surface area contributed by atoms with Crippen molar-refractivity contribution >= 4 is 0 Å². The fourth-order valence-electron chi connectivity index (χ4n) is 1.98. The predicted molar refractivity (Wildman–Crippen MR) is 139 cm³/mol. The minimum atomic E-state index is 0.0615. The standard InChI is InChI=1S/C10H20O.C6H12O3.C6H12O2.C4H8O2/c1-4-7-8-10(5-2)9-11-6-3;1-2-8-5-6-9-4-3-7;1-2-8-6-4-3-5-7;1-2-6-4-3-5/h6,10H,3-5,7-9H2,1-2H3;2,7H,1,3-6H2;2,7H,1,3-6H2;2,5H,1,3-4H2. The van der Waals surface area contributed by atoms with Gasteiger partial charge in [0.05, 0.1) is 64.7 Å². The molecule has 0 amide bonds. The molecule has 1 atom stereocenters. The van der Waals surface area contributed by atoms with Gasteiger partial charge in [-0.3, -0.25) is 0 Å². The van der Waals surface area contributed by atoms with E-state index in [1.165, 1.54) is 50.7 Å². The van der Waals surface area contributed by atoms with E-state index in [1.54, 1.807) is 0 Å². The highest BCUT2D eigenvalue weighted by atomic mass is 16.5. The van der Waals surface area contributed by atoms with Crippen LogP contribution in [0.4, 0.5) is 0 Å². The van der Waals surface area contributed by atoms with Gasteiger partial charge in [-0.1, -0.05) is 59.4 Å². The van der Waals surface area contributed by atoms with Crippen LogP contribution in [0.25, 0.3) is 0 Å². The van der Waals surface area contributed by atoms with E-state index in [-0.39, 0.29) is 19.8 Å². The molecular weight excluding hydrogens is 440 g/mol. The lowest BCUT2D eigenvalue weighted by atomic mass is 10.0. The molecule has 34 heavy (non-hydrogen) atoms. The maximum absolute atomic E-state index is 8.28. The second-order valence-electron chi connectivity index (χ2n) is 6.52. The fourth-order valence-corrected chi connectivity index (χ4v) is 1.98. The van der Waals surface area contributed by atoms with E-state index in [1.807, 2.05) is 0 Å². The first kappa shape index (κ1) is 39.2. The smallest absolute Gasteiger partial charge is 0.111 e. The van der Waals surface area contributed by atoms with Crippen LogP contribution in [0.1, 0.15) is 52.4 Å². The number of hydrogen-bond donors (Lipinski definition) is 3. The number of ether oxygens (including phenoxy) is 5. The van der Waals surface area contributed by atoms with E-state index in [0.29, 0.717) is 33.0 Å². The van der Waals surface area contributed by atoms with Crippen molar-refractivity contribution in [1.82, 2.24) is 0 Å². The molecule has 0 aromatic heterocycles. The van der Waals surface area contributed by atoms with Gasteiger partial charge in [-0.2, -0.15) is 0 Å². The predicted octanol–water partition coefficient (Wildman–Crippen LogP) is 4.58. The fraction of sp³-hybridized carbons (Fsp3) is 0.692. The average Bonchev–Trinajstić information content (AvgIpc) is 2.87. The molecule has 1 unspecified atom stereocenters. The molecule has 8 heteroatoms. The van der Waals surface area contributed by atoms with Gasteiger partial charge in [-0.25, -0.2) is 0 Å². The van der Waals surface area contributed by atoms with Crippen molar-refractivity contribution in [1.29, 1.82) is 0 Å². The Morgan fingerprint density at radius 2 is 1.18 bits per heavy atom. The van der Waals surface area contributed by atoms with Crippen molar-refractivity contribution < 1.29 is 39.0 Å². The molecule has 0 aromatic rings. The highest BCUT2D eigenvalue weighted by molar-refractivity contribution is 4.58. The minimum absolute atomic E-state index is 0.0615. The molecule has 0 aliphatic heterocycles. The van der Waals surface area contributed by atoms with Crippen LogP contribution in [0.3, 0.4) is 0 Å². The molecule has 0 heterocycles. The first-order valence-corrected chi connectivity index (χ1v) is 11.9. The van der Waals surface area contributed by atoms with Crippen LogP contribution in [0.5, 0.6) is 0 Å². The zero-order valence-corrected chi connectivity index (χ0v) is 21.7. The van der Waals surface area contributed by atoms with E-state index >= 15 is 0 Å². The molecule has 0 aromatic carbocycles. The molecule has 0 saturated heterocycles. The third-order valence-electron chi connectivity index (χ3n) is 3.81. The van der Waals surface area contributed by atoms with Gasteiger partial charge in [0.15, 0.2) is 0 Å². The van der Waals surface area contributed by atoms with Crippen LogP contribution >= 0.6 is 0 Å². The zero-order valence-electron chi connectivity index (χ0n) is 21.7. The second-order valence-corrected chi connectivity index (χ2v) is 6.52. The topological polar surface area (TPSA) is 107 Å². The Hall–Kier alpha value is -2.00. The molecule has 0 rings (SSSR count). The number of aliphatic hydroxyl groups excluding tert-OH is 3. The number of hydrogen-bond acceptors (Lipinski definition) is 8. The molecule has 204 valence electrons. The van der Waals surface area contributed by atoms with Crippen LogP contribution < -0.4 is 0 Å². The summed E-state index contributed by atoms with van der Waals surface area (Å²) in [5, 5.41) is 24.5. The van der Waals surface area contributed by atoms with Crippen molar-refractivity contribution in [2.45, 2.75) is 52.4 Å². The monoisotopic (exact) mass is 492 g/mol.